The lowest BCUT2D eigenvalue weighted by atomic mass is 10.0. The van der Waals surface area contributed by atoms with Crippen LogP contribution in [0.25, 0.3) is 11.0 Å². The number of aromatic amines is 1. The summed E-state index contributed by atoms with van der Waals surface area (Å²) in [5.74, 6) is -0.259. The van der Waals surface area contributed by atoms with E-state index in [0.29, 0.717) is 13.1 Å². The van der Waals surface area contributed by atoms with E-state index in [1.54, 1.807) is 11.2 Å². The second-order valence-electron chi connectivity index (χ2n) is 7.82. The van der Waals surface area contributed by atoms with E-state index in [1.807, 2.05) is 18.2 Å². The number of nitrogens with zero attached hydrogens (tertiary/aromatic N) is 2. The van der Waals surface area contributed by atoms with Gasteiger partial charge in [0.1, 0.15) is 6.04 Å². The lowest BCUT2D eigenvalue weighted by Crippen LogP contribution is -2.50. The van der Waals surface area contributed by atoms with Crippen LogP contribution in [-0.4, -0.2) is 48.3 Å². The number of nitrogens with two attached hydrogens (primary N) is 1. The molecule has 4 N–H and O–H groups in total. The van der Waals surface area contributed by atoms with Gasteiger partial charge in [0, 0.05) is 13.1 Å². The maximum atomic E-state index is 13.3. The number of likely N-dealkylation sites (tertiary alicyclic amines) is 1. The summed E-state index contributed by atoms with van der Waals surface area (Å²) in [6, 6.07) is 7.00. The third kappa shape index (κ3) is 4.85. The Morgan fingerprint density at radius 2 is 1.84 bits per heavy atom. The minimum atomic E-state index is -4.10. The molecule has 0 spiro atoms. The van der Waals surface area contributed by atoms with Crippen molar-refractivity contribution in [2.75, 3.05) is 18.8 Å². The molecule has 1 aliphatic heterocycles. The number of H-pyrrole nitrogens is 1. The number of nitrogen functional groups attached to an aromatic ring is 1. The van der Waals surface area contributed by atoms with E-state index in [0.717, 1.165) is 35.9 Å². The zero-order valence-electron chi connectivity index (χ0n) is 17.1. The number of nitrogens with one attached hydrogen (secondary N) is 2. The molecule has 1 atom stereocenters. The Bertz CT molecular complexity index is 1230. The zero-order valence-corrected chi connectivity index (χ0v) is 19.5. The molecule has 1 aliphatic rings. The number of rotatable bonds is 6. The van der Waals surface area contributed by atoms with Crippen molar-refractivity contribution in [3.8, 4) is 0 Å². The SMILES string of the molecule is Nc1c(Cl)cc(S(=O)(=O)NC(Cc2ccc3nc[nH]c3c2)C(=O)N2CCCCC2)cc1Cl. The van der Waals surface area contributed by atoms with E-state index >= 15 is 0 Å². The van der Waals surface area contributed by atoms with Crippen molar-refractivity contribution in [3.63, 3.8) is 0 Å². The molecule has 0 bridgehead atoms. The van der Waals surface area contributed by atoms with E-state index in [2.05, 4.69) is 14.7 Å². The molecular formula is C21H23Cl2N5O3S. The fourth-order valence-corrected chi connectivity index (χ4v) is 5.69. The first kappa shape index (κ1) is 22.8. The van der Waals surface area contributed by atoms with Crippen LogP contribution in [0, 0.1) is 0 Å². The van der Waals surface area contributed by atoms with Crippen LogP contribution >= 0.6 is 23.2 Å². The number of halogens is 2. The van der Waals surface area contributed by atoms with Crippen LogP contribution in [-0.2, 0) is 21.2 Å². The van der Waals surface area contributed by atoms with E-state index in [4.69, 9.17) is 28.9 Å². The van der Waals surface area contributed by atoms with Gasteiger partial charge in [0.25, 0.3) is 0 Å². The Kier molecular flexibility index (Phi) is 6.62. The van der Waals surface area contributed by atoms with Gasteiger partial charge in [-0.3, -0.25) is 4.79 Å². The van der Waals surface area contributed by atoms with Crippen molar-refractivity contribution >= 4 is 55.9 Å². The summed E-state index contributed by atoms with van der Waals surface area (Å²) in [6.45, 7) is 1.21. The normalized spacial score (nSPS) is 15.8. The average Bonchev–Trinajstić information content (AvgIpc) is 3.24. The third-order valence-electron chi connectivity index (χ3n) is 5.55. The number of piperidine rings is 1. The first-order chi connectivity index (χ1) is 15.2. The van der Waals surface area contributed by atoms with E-state index in [1.165, 1.54) is 12.1 Å². The van der Waals surface area contributed by atoms with Crippen LogP contribution in [0.2, 0.25) is 10.0 Å². The molecule has 8 nitrogen and oxygen atoms in total. The maximum Gasteiger partial charge on any atom is 0.241 e. The molecule has 1 unspecified atom stereocenters. The Morgan fingerprint density at radius 1 is 1.16 bits per heavy atom. The second kappa shape index (κ2) is 9.27. The highest BCUT2D eigenvalue weighted by atomic mass is 35.5. The van der Waals surface area contributed by atoms with Crippen LogP contribution in [0.15, 0.2) is 41.6 Å². The molecule has 1 aromatic heterocycles. The van der Waals surface area contributed by atoms with Gasteiger partial charge in [0.15, 0.2) is 0 Å². The van der Waals surface area contributed by atoms with E-state index in [9.17, 15) is 13.2 Å². The Balaban J connectivity index is 1.65. The third-order valence-corrected chi connectivity index (χ3v) is 7.63. The summed E-state index contributed by atoms with van der Waals surface area (Å²) in [5, 5.41) is 0.0583. The van der Waals surface area contributed by atoms with Crippen molar-refractivity contribution in [3.05, 3.63) is 52.3 Å². The number of amides is 1. The van der Waals surface area contributed by atoms with Crippen LogP contribution in [0.1, 0.15) is 24.8 Å². The van der Waals surface area contributed by atoms with Gasteiger partial charge in [0.2, 0.25) is 15.9 Å². The number of sulfonamides is 1. The van der Waals surface area contributed by atoms with Gasteiger partial charge in [-0.15, -0.1) is 0 Å². The second-order valence-corrected chi connectivity index (χ2v) is 10.3. The van der Waals surface area contributed by atoms with Gasteiger partial charge in [-0.25, -0.2) is 13.4 Å². The first-order valence-corrected chi connectivity index (χ1v) is 12.5. The number of fused-ring (bicyclic) bond motifs is 1. The van der Waals surface area contributed by atoms with Crippen molar-refractivity contribution in [2.24, 2.45) is 0 Å². The maximum absolute atomic E-state index is 13.3. The number of benzene rings is 2. The predicted octanol–water partition coefficient (Wildman–Crippen LogP) is 3.35. The molecule has 0 radical (unpaired) electrons. The lowest BCUT2D eigenvalue weighted by molar-refractivity contribution is -0.133. The smallest absolute Gasteiger partial charge is 0.241 e. The molecule has 2 aromatic carbocycles. The Hall–Kier alpha value is -2.33. The quantitative estimate of drug-likeness (QED) is 0.452. The molecule has 0 saturated carbocycles. The molecule has 32 heavy (non-hydrogen) atoms. The molecule has 1 fully saturated rings. The summed E-state index contributed by atoms with van der Waals surface area (Å²) in [5.41, 5.74) is 8.23. The molecule has 11 heteroatoms. The molecule has 1 amide bonds. The minimum Gasteiger partial charge on any atom is -0.396 e. The molecule has 170 valence electrons. The first-order valence-electron chi connectivity index (χ1n) is 10.2. The predicted molar refractivity (Wildman–Crippen MR) is 125 cm³/mol. The van der Waals surface area contributed by atoms with Crippen LogP contribution in [0.4, 0.5) is 5.69 Å². The zero-order chi connectivity index (χ0) is 22.9. The molecule has 4 rings (SSSR count). The van der Waals surface area contributed by atoms with Crippen molar-refractivity contribution in [2.45, 2.75) is 36.6 Å². The van der Waals surface area contributed by atoms with Gasteiger partial charge in [-0.2, -0.15) is 4.72 Å². The van der Waals surface area contributed by atoms with Crippen LogP contribution in [0.3, 0.4) is 0 Å². The van der Waals surface area contributed by atoms with Crippen LogP contribution in [0.5, 0.6) is 0 Å². The summed E-state index contributed by atoms with van der Waals surface area (Å²) in [4.78, 5) is 22.1. The fraction of sp³-hybridized carbons (Fsp3) is 0.333. The van der Waals surface area contributed by atoms with Crippen molar-refractivity contribution in [1.29, 1.82) is 0 Å². The van der Waals surface area contributed by atoms with Crippen molar-refractivity contribution in [1.82, 2.24) is 19.6 Å². The standard InChI is InChI=1S/C21H23Cl2N5O3S/c22-15-10-14(11-16(23)20(15)24)32(30,31)27-19(21(29)28-6-2-1-3-7-28)9-13-4-5-17-18(8-13)26-12-25-17/h4-5,8,10-12,19,27H,1-3,6-7,9,24H2,(H,25,26). The summed E-state index contributed by atoms with van der Waals surface area (Å²) in [7, 11) is -4.10. The van der Waals surface area contributed by atoms with Gasteiger partial charge in [0.05, 0.1) is 38.0 Å². The Labute approximate surface area is 196 Å². The Morgan fingerprint density at radius 3 is 2.53 bits per heavy atom. The molecule has 3 aromatic rings. The number of imidazole rings is 1. The highest BCUT2D eigenvalue weighted by molar-refractivity contribution is 7.89. The number of aromatic nitrogens is 2. The lowest BCUT2D eigenvalue weighted by Gasteiger charge is -2.30. The van der Waals surface area contributed by atoms with E-state index in [-0.39, 0.29) is 33.0 Å². The number of carbonyl (C=O) groups is 1. The largest absolute Gasteiger partial charge is 0.396 e. The van der Waals surface area contributed by atoms with Gasteiger partial charge in [-0.05, 0) is 55.5 Å². The number of hydrogen-bond acceptors (Lipinski definition) is 5. The molecule has 0 aliphatic carbocycles. The monoisotopic (exact) mass is 495 g/mol. The topological polar surface area (TPSA) is 121 Å². The molecular weight excluding hydrogens is 473 g/mol. The highest BCUT2D eigenvalue weighted by Crippen LogP contribution is 2.31. The number of hydrogen-bond donors (Lipinski definition) is 3. The highest BCUT2D eigenvalue weighted by Gasteiger charge is 2.31. The van der Waals surface area contributed by atoms with Gasteiger partial charge < -0.3 is 15.6 Å². The number of anilines is 1. The van der Waals surface area contributed by atoms with Crippen LogP contribution < -0.4 is 10.5 Å². The average molecular weight is 496 g/mol. The van der Waals surface area contributed by atoms with Gasteiger partial charge in [-0.1, -0.05) is 29.3 Å². The summed E-state index contributed by atoms with van der Waals surface area (Å²) < 4.78 is 28.9. The van der Waals surface area contributed by atoms with Gasteiger partial charge >= 0.3 is 0 Å². The van der Waals surface area contributed by atoms with Crippen molar-refractivity contribution < 1.29 is 13.2 Å². The number of carbonyl (C=O) groups excluding carboxylic acids is 1. The molecule has 1 saturated heterocycles. The summed E-state index contributed by atoms with van der Waals surface area (Å²) >= 11 is 12.1. The summed E-state index contributed by atoms with van der Waals surface area (Å²) in [6.07, 6.45) is 4.62. The van der Waals surface area contributed by atoms with E-state index < -0.39 is 16.1 Å². The molecule has 2 heterocycles. The fourth-order valence-electron chi connectivity index (χ4n) is 3.83. The minimum absolute atomic E-state index is 0.0291.